The van der Waals surface area contributed by atoms with E-state index in [0.29, 0.717) is 13.1 Å². The zero-order valence-corrected chi connectivity index (χ0v) is 20.4. The van der Waals surface area contributed by atoms with Crippen LogP contribution in [0.15, 0.2) is 53.4 Å². The molecule has 2 amide bonds. The molecule has 1 atom stereocenters. The zero-order valence-electron chi connectivity index (χ0n) is 18.0. The van der Waals surface area contributed by atoms with Crippen molar-refractivity contribution in [2.45, 2.75) is 24.3 Å². The number of nitrogens with zero attached hydrogens (tertiary/aromatic N) is 2. The van der Waals surface area contributed by atoms with Crippen molar-refractivity contribution in [1.29, 1.82) is 0 Å². The maximum absolute atomic E-state index is 13.4. The Morgan fingerprint density at radius 1 is 1.03 bits per heavy atom. The van der Waals surface area contributed by atoms with Crippen molar-refractivity contribution in [2.24, 2.45) is 0 Å². The Bertz CT molecular complexity index is 1090. The fraction of sp³-hybridized carbons (Fsp3) is 0.364. The number of amides is 2. The Balaban J connectivity index is 1.80. The first kappa shape index (κ1) is 25.3. The van der Waals surface area contributed by atoms with Crippen LogP contribution in [0.3, 0.4) is 0 Å². The predicted octanol–water partition coefficient (Wildman–Crippen LogP) is 3.18. The van der Waals surface area contributed by atoms with Crippen LogP contribution in [0.4, 0.5) is 4.79 Å². The van der Waals surface area contributed by atoms with Crippen molar-refractivity contribution in [3.63, 3.8) is 0 Å². The highest BCUT2D eigenvalue weighted by molar-refractivity contribution is 7.89. The number of hydrogen-bond acceptors (Lipinski definition) is 5. The molecule has 1 aliphatic heterocycles. The zero-order chi connectivity index (χ0) is 24.0. The number of piperazine rings is 1. The van der Waals surface area contributed by atoms with Gasteiger partial charge in [-0.3, -0.25) is 4.79 Å². The molecular formula is C22H25Cl2N3O5S. The van der Waals surface area contributed by atoms with E-state index in [1.54, 1.807) is 11.8 Å². The van der Waals surface area contributed by atoms with Crippen LogP contribution in [0.25, 0.3) is 0 Å². The molecule has 1 heterocycles. The second-order valence-corrected chi connectivity index (χ2v) is 9.98. The topological polar surface area (TPSA) is 96.0 Å². The van der Waals surface area contributed by atoms with Gasteiger partial charge < -0.3 is 14.5 Å². The number of nitrogens with one attached hydrogen (secondary N) is 1. The number of sulfonamides is 1. The third kappa shape index (κ3) is 6.60. The van der Waals surface area contributed by atoms with Crippen LogP contribution in [0.2, 0.25) is 10.0 Å². The molecule has 0 radical (unpaired) electrons. The van der Waals surface area contributed by atoms with Gasteiger partial charge >= 0.3 is 6.09 Å². The van der Waals surface area contributed by atoms with E-state index < -0.39 is 22.2 Å². The SMILES string of the molecule is CCOC(=O)N1CCN(C(=O)[C@H](Cc2ccccc2)NS(=O)(=O)c2cc(Cl)ccc2Cl)CC1. The summed E-state index contributed by atoms with van der Waals surface area (Å²) in [6, 6.07) is 12.2. The van der Waals surface area contributed by atoms with Gasteiger partial charge in [0.25, 0.3) is 0 Å². The molecule has 1 aliphatic rings. The quantitative estimate of drug-likeness (QED) is 0.613. The van der Waals surface area contributed by atoms with Crippen molar-refractivity contribution >= 4 is 45.2 Å². The van der Waals surface area contributed by atoms with Gasteiger partial charge in [-0.1, -0.05) is 53.5 Å². The fourth-order valence-corrected chi connectivity index (χ4v) is 5.46. The Labute approximate surface area is 203 Å². The monoisotopic (exact) mass is 513 g/mol. The normalized spacial score (nSPS) is 15.2. The van der Waals surface area contributed by atoms with Crippen LogP contribution in [0.1, 0.15) is 12.5 Å². The molecule has 1 fully saturated rings. The van der Waals surface area contributed by atoms with Crippen LogP contribution in [0, 0.1) is 0 Å². The van der Waals surface area contributed by atoms with E-state index >= 15 is 0 Å². The third-order valence-electron chi connectivity index (χ3n) is 5.18. The molecule has 1 saturated heterocycles. The highest BCUT2D eigenvalue weighted by Crippen LogP contribution is 2.25. The Kier molecular flexibility index (Phi) is 8.58. The second kappa shape index (κ2) is 11.2. The summed E-state index contributed by atoms with van der Waals surface area (Å²) in [6.45, 7) is 3.13. The number of halogens is 2. The van der Waals surface area contributed by atoms with Gasteiger partial charge in [0.05, 0.1) is 11.6 Å². The lowest BCUT2D eigenvalue weighted by atomic mass is 10.1. The van der Waals surface area contributed by atoms with E-state index in [0.717, 1.165) is 5.56 Å². The maximum Gasteiger partial charge on any atom is 0.409 e. The van der Waals surface area contributed by atoms with Gasteiger partial charge in [-0.05, 0) is 37.1 Å². The summed E-state index contributed by atoms with van der Waals surface area (Å²) in [6.07, 6.45) is -0.281. The van der Waals surface area contributed by atoms with Gasteiger partial charge in [-0.25, -0.2) is 13.2 Å². The minimum Gasteiger partial charge on any atom is -0.450 e. The summed E-state index contributed by atoms with van der Waals surface area (Å²) < 4.78 is 33.7. The van der Waals surface area contributed by atoms with Gasteiger partial charge in [-0.15, -0.1) is 0 Å². The van der Waals surface area contributed by atoms with Gasteiger partial charge in [0, 0.05) is 31.2 Å². The van der Waals surface area contributed by atoms with Gasteiger partial charge in [0.1, 0.15) is 10.9 Å². The predicted molar refractivity (Wildman–Crippen MR) is 126 cm³/mol. The van der Waals surface area contributed by atoms with E-state index in [1.165, 1.54) is 23.1 Å². The van der Waals surface area contributed by atoms with Gasteiger partial charge in [-0.2, -0.15) is 4.72 Å². The minimum atomic E-state index is -4.15. The highest BCUT2D eigenvalue weighted by Gasteiger charge is 2.33. The summed E-state index contributed by atoms with van der Waals surface area (Å²) in [4.78, 5) is 28.2. The summed E-state index contributed by atoms with van der Waals surface area (Å²) >= 11 is 12.1. The molecule has 11 heteroatoms. The van der Waals surface area contributed by atoms with E-state index in [2.05, 4.69) is 4.72 Å². The molecule has 3 rings (SSSR count). The summed E-state index contributed by atoms with van der Waals surface area (Å²) in [5.41, 5.74) is 0.793. The van der Waals surface area contributed by atoms with Crippen LogP contribution in [-0.4, -0.2) is 69.0 Å². The first-order valence-corrected chi connectivity index (χ1v) is 12.7. The Morgan fingerprint density at radius 2 is 1.67 bits per heavy atom. The van der Waals surface area contributed by atoms with E-state index in [4.69, 9.17) is 27.9 Å². The van der Waals surface area contributed by atoms with Crippen molar-refractivity contribution in [1.82, 2.24) is 14.5 Å². The molecule has 0 aliphatic carbocycles. The van der Waals surface area contributed by atoms with Gasteiger partial charge in [0.15, 0.2) is 0 Å². The molecule has 0 saturated carbocycles. The lowest BCUT2D eigenvalue weighted by molar-refractivity contribution is -0.134. The molecule has 0 unspecified atom stereocenters. The first-order valence-electron chi connectivity index (χ1n) is 10.4. The standard InChI is InChI=1S/C22H25Cl2N3O5S/c1-2-32-22(29)27-12-10-26(11-13-27)21(28)19(14-16-6-4-3-5-7-16)25-33(30,31)20-15-17(23)8-9-18(20)24/h3-9,15,19,25H,2,10-14H2,1H3/t19-/m0/s1. The van der Waals surface area contributed by atoms with E-state index in [9.17, 15) is 18.0 Å². The van der Waals surface area contributed by atoms with E-state index in [-0.39, 0.29) is 47.0 Å². The molecule has 2 aromatic rings. The third-order valence-corrected chi connectivity index (χ3v) is 7.37. The van der Waals surface area contributed by atoms with Crippen LogP contribution in [0.5, 0.6) is 0 Å². The Hall–Kier alpha value is -2.33. The largest absolute Gasteiger partial charge is 0.450 e. The van der Waals surface area contributed by atoms with Crippen molar-refractivity contribution in [3.8, 4) is 0 Å². The molecule has 33 heavy (non-hydrogen) atoms. The smallest absolute Gasteiger partial charge is 0.409 e. The summed E-state index contributed by atoms with van der Waals surface area (Å²) in [5.74, 6) is -0.385. The highest BCUT2D eigenvalue weighted by atomic mass is 35.5. The molecule has 0 spiro atoms. The maximum atomic E-state index is 13.4. The lowest BCUT2D eigenvalue weighted by Gasteiger charge is -2.36. The molecule has 178 valence electrons. The number of hydrogen-bond donors (Lipinski definition) is 1. The summed E-state index contributed by atoms with van der Waals surface area (Å²) in [5, 5.41) is 0.210. The Morgan fingerprint density at radius 3 is 2.30 bits per heavy atom. The average molecular weight is 514 g/mol. The van der Waals surface area contributed by atoms with Crippen LogP contribution < -0.4 is 4.72 Å². The number of carbonyl (C=O) groups is 2. The average Bonchev–Trinajstić information content (AvgIpc) is 2.80. The van der Waals surface area contributed by atoms with E-state index in [1.807, 2.05) is 30.3 Å². The van der Waals surface area contributed by atoms with Crippen molar-refractivity contribution in [2.75, 3.05) is 32.8 Å². The number of rotatable bonds is 7. The van der Waals surface area contributed by atoms with Crippen LogP contribution >= 0.6 is 23.2 Å². The summed E-state index contributed by atoms with van der Waals surface area (Å²) in [7, 11) is -4.15. The molecule has 2 aromatic carbocycles. The fourth-order valence-electron chi connectivity index (χ4n) is 3.51. The number of benzene rings is 2. The second-order valence-electron chi connectivity index (χ2n) is 7.45. The van der Waals surface area contributed by atoms with Gasteiger partial charge in [0.2, 0.25) is 15.9 Å². The lowest BCUT2D eigenvalue weighted by Crippen LogP contribution is -2.56. The number of carbonyl (C=O) groups excluding carboxylic acids is 2. The van der Waals surface area contributed by atoms with Crippen LogP contribution in [-0.2, 0) is 26.0 Å². The molecule has 0 aromatic heterocycles. The van der Waals surface area contributed by atoms with Crippen molar-refractivity contribution < 1.29 is 22.7 Å². The molecule has 8 nitrogen and oxygen atoms in total. The number of ether oxygens (including phenoxy) is 1. The van der Waals surface area contributed by atoms with Crippen molar-refractivity contribution in [3.05, 3.63) is 64.1 Å². The molecule has 0 bridgehead atoms. The minimum absolute atomic E-state index is 0.000797. The first-order chi connectivity index (χ1) is 15.7. The molecular weight excluding hydrogens is 489 g/mol. The molecule has 1 N–H and O–H groups in total.